The zero-order chi connectivity index (χ0) is 19.9. The second-order valence-electron chi connectivity index (χ2n) is 7.46. The number of benzene rings is 2. The monoisotopic (exact) mass is 379 g/mol. The lowest BCUT2D eigenvalue weighted by atomic mass is 10.1. The highest BCUT2D eigenvalue weighted by Crippen LogP contribution is 2.20. The van der Waals surface area contributed by atoms with E-state index < -0.39 is 0 Å². The average molecular weight is 380 g/mol. The maximum absolute atomic E-state index is 12.4. The third kappa shape index (κ3) is 5.12. The molecule has 5 nitrogen and oxygen atoms in total. The SMILES string of the molecule is Cc1ccccc1C(=O)NCC(=O)N(C)Cc1ccc(N2CCCCC2)cc1. The number of hydrogen-bond donors (Lipinski definition) is 1. The highest BCUT2D eigenvalue weighted by atomic mass is 16.2. The molecule has 1 heterocycles. The van der Waals surface area contributed by atoms with Crippen LogP contribution in [-0.2, 0) is 11.3 Å². The largest absolute Gasteiger partial charge is 0.372 e. The summed E-state index contributed by atoms with van der Waals surface area (Å²) in [7, 11) is 1.76. The lowest BCUT2D eigenvalue weighted by molar-refractivity contribution is -0.129. The van der Waals surface area contributed by atoms with Crippen LogP contribution in [0.3, 0.4) is 0 Å². The summed E-state index contributed by atoms with van der Waals surface area (Å²) in [5.74, 6) is -0.326. The number of piperidine rings is 1. The molecule has 0 aliphatic carbocycles. The number of aryl methyl sites for hydroxylation is 1. The van der Waals surface area contributed by atoms with Crippen LogP contribution in [0.25, 0.3) is 0 Å². The summed E-state index contributed by atoms with van der Waals surface area (Å²) >= 11 is 0. The molecule has 1 saturated heterocycles. The number of anilines is 1. The summed E-state index contributed by atoms with van der Waals surface area (Å²) < 4.78 is 0. The number of likely N-dealkylation sites (N-methyl/N-ethyl adjacent to an activating group) is 1. The number of hydrogen-bond acceptors (Lipinski definition) is 3. The first kappa shape index (κ1) is 19.9. The average Bonchev–Trinajstić information content (AvgIpc) is 2.73. The van der Waals surface area contributed by atoms with E-state index in [1.54, 1.807) is 18.0 Å². The molecule has 0 saturated carbocycles. The molecule has 2 amide bonds. The van der Waals surface area contributed by atoms with E-state index in [9.17, 15) is 9.59 Å². The molecule has 0 radical (unpaired) electrons. The van der Waals surface area contributed by atoms with Gasteiger partial charge in [-0.05, 0) is 55.5 Å². The predicted octanol–water partition coefficient (Wildman–Crippen LogP) is 3.37. The molecule has 148 valence electrons. The quantitative estimate of drug-likeness (QED) is 0.837. The van der Waals surface area contributed by atoms with Gasteiger partial charge in [-0.15, -0.1) is 0 Å². The lowest BCUT2D eigenvalue weighted by Crippen LogP contribution is -2.38. The van der Waals surface area contributed by atoms with Crippen molar-refractivity contribution in [3.63, 3.8) is 0 Å². The van der Waals surface area contributed by atoms with Crippen molar-refractivity contribution in [2.24, 2.45) is 0 Å². The molecule has 0 unspecified atom stereocenters. The molecule has 0 atom stereocenters. The lowest BCUT2D eigenvalue weighted by Gasteiger charge is -2.29. The molecule has 1 aliphatic heterocycles. The van der Waals surface area contributed by atoms with Gasteiger partial charge in [0.05, 0.1) is 6.54 Å². The van der Waals surface area contributed by atoms with E-state index in [0.29, 0.717) is 12.1 Å². The standard InChI is InChI=1S/C23H29N3O2/c1-18-8-4-5-9-21(18)23(28)24-16-22(27)25(2)17-19-10-12-20(13-11-19)26-14-6-3-7-15-26/h4-5,8-13H,3,6-7,14-17H2,1-2H3,(H,24,28). The van der Waals surface area contributed by atoms with Crippen molar-refractivity contribution in [2.45, 2.75) is 32.7 Å². The maximum atomic E-state index is 12.4. The van der Waals surface area contributed by atoms with E-state index in [1.807, 2.05) is 25.1 Å². The second kappa shape index (κ2) is 9.40. The molecule has 0 aromatic heterocycles. The van der Waals surface area contributed by atoms with Crippen molar-refractivity contribution in [3.8, 4) is 0 Å². The van der Waals surface area contributed by atoms with Crippen LogP contribution in [0.5, 0.6) is 0 Å². The number of rotatable bonds is 6. The number of nitrogens with zero attached hydrogens (tertiary/aromatic N) is 2. The zero-order valence-corrected chi connectivity index (χ0v) is 16.8. The number of nitrogens with one attached hydrogen (secondary N) is 1. The maximum Gasteiger partial charge on any atom is 0.251 e. The van der Waals surface area contributed by atoms with Crippen LogP contribution in [0.15, 0.2) is 48.5 Å². The molecule has 0 spiro atoms. The fraction of sp³-hybridized carbons (Fsp3) is 0.391. The van der Waals surface area contributed by atoms with Crippen molar-refractivity contribution < 1.29 is 9.59 Å². The van der Waals surface area contributed by atoms with Crippen molar-refractivity contribution in [3.05, 3.63) is 65.2 Å². The topological polar surface area (TPSA) is 52.7 Å². The summed E-state index contributed by atoms with van der Waals surface area (Å²) in [6, 6.07) is 15.8. The molecular formula is C23H29N3O2. The van der Waals surface area contributed by atoms with E-state index >= 15 is 0 Å². The molecule has 2 aromatic carbocycles. The summed E-state index contributed by atoms with van der Waals surface area (Å²) in [5, 5.41) is 2.72. The highest BCUT2D eigenvalue weighted by molar-refractivity contribution is 5.97. The first-order valence-corrected chi connectivity index (χ1v) is 9.96. The molecular weight excluding hydrogens is 350 g/mol. The van der Waals surface area contributed by atoms with Gasteiger partial charge in [0.1, 0.15) is 0 Å². The summed E-state index contributed by atoms with van der Waals surface area (Å²) in [5.41, 5.74) is 3.84. The van der Waals surface area contributed by atoms with Gasteiger partial charge in [0.25, 0.3) is 5.91 Å². The minimum absolute atomic E-state index is 0.00444. The Labute approximate surface area is 167 Å². The summed E-state index contributed by atoms with van der Waals surface area (Å²) in [6.07, 6.45) is 3.84. The first-order chi connectivity index (χ1) is 13.5. The zero-order valence-electron chi connectivity index (χ0n) is 16.8. The van der Waals surface area contributed by atoms with Crippen molar-refractivity contribution in [1.82, 2.24) is 10.2 Å². The molecule has 1 N–H and O–H groups in total. The van der Waals surface area contributed by atoms with Crippen LogP contribution in [0.2, 0.25) is 0 Å². The van der Waals surface area contributed by atoms with E-state index in [1.165, 1.54) is 24.9 Å². The molecule has 1 fully saturated rings. The van der Waals surface area contributed by atoms with Crippen LogP contribution in [0, 0.1) is 6.92 Å². The molecule has 2 aromatic rings. The molecule has 28 heavy (non-hydrogen) atoms. The van der Waals surface area contributed by atoms with Crippen LogP contribution in [0.1, 0.15) is 40.7 Å². The smallest absolute Gasteiger partial charge is 0.251 e. The Morgan fingerprint density at radius 3 is 2.36 bits per heavy atom. The minimum atomic E-state index is -0.217. The van der Waals surface area contributed by atoms with Gasteiger partial charge >= 0.3 is 0 Å². The van der Waals surface area contributed by atoms with Gasteiger partial charge in [0.2, 0.25) is 5.91 Å². The fourth-order valence-electron chi connectivity index (χ4n) is 3.54. The normalized spacial score (nSPS) is 13.9. The van der Waals surface area contributed by atoms with E-state index in [2.05, 4.69) is 34.5 Å². The van der Waals surface area contributed by atoms with Gasteiger partial charge < -0.3 is 15.1 Å². The van der Waals surface area contributed by atoms with Crippen LogP contribution in [-0.4, -0.2) is 43.4 Å². The highest BCUT2D eigenvalue weighted by Gasteiger charge is 2.14. The Bertz CT molecular complexity index is 811. The first-order valence-electron chi connectivity index (χ1n) is 9.96. The second-order valence-corrected chi connectivity index (χ2v) is 7.46. The van der Waals surface area contributed by atoms with Crippen molar-refractivity contribution >= 4 is 17.5 Å². The van der Waals surface area contributed by atoms with Crippen molar-refractivity contribution in [1.29, 1.82) is 0 Å². The Balaban J connectivity index is 1.49. The van der Waals surface area contributed by atoms with Gasteiger partial charge in [0.15, 0.2) is 0 Å². The van der Waals surface area contributed by atoms with Gasteiger partial charge in [-0.25, -0.2) is 0 Å². The van der Waals surface area contributed by atoms with Crippen LogP contribution >= 0.6 is 0 Å². The molecule has 5 heteroatoms. The Hall–Kier alpha value is -2.82. The number of carbonyl (C=O) groups is 2. The number of amides is 2. The third-order valence-electron chi connectivity index (χ3n) is 5.29. The van der Waals surface area contributed by atoms with Crippen molar-refractivity contribution in [2.75, 3.05) is 31.6 Å². The fourth-order valence-corrected chi connectivity index (χ4v) is 3.54. The van der Waals surface area contributed by atoms with Gasteiger partial charge in [-0.3, -0.25) is 9.59 Å². The van der Waals surface area contributed by atoms with E-state index in [0.717, 1.165) is 24.2 Å². The summed E-state index contributed by atoms with van der Waals surface area (Å²) in [4.78, 5) is 28.7. The summed E-state index contributed by atoms with van der Waals surface area (Å²) in [6.45, 7) is 4.65. The Kier molecular flexibility index (Phi) is 6.69. The number of carbonyl (C=O) groups excluding carboxylic acids is 2. The Morgan fingerprint density at radius 1 is 1.00 bits per heavy atom. The molecule has 1 aliphatic rings. The van der Waals surface area contributed by atoms with Gasteiger partial charge in [0, 0.05) is 37.9 Å². The Morgan fingerprint density at radius 2 is 1.68 bits per heavy atom. The molecule has 3 rings (SSSR count). The van der Waals surface area contributed by atoms with E-state index in [-0.39, 0.29) is 18.4 Å². The molecule has 0 bridgehead atoms. The minimum Gasteiger partial charge on any atom is -0.372 e. The van der Waals surface area contributed by atoms with Gasteiger partial charge in [-0.1, -0.05) is 30.3 Å². The van der Waals surface area contributed by atoms with Gasteiger partial charge in [-0.2, -0.15) is 0 Å². The van der Waals surface area contributed by atoms with E-state index in [4.69, 9.17) is 0 Å². The third-order valence-corrected chi connectivity index (χ3v) is 5.29. The predicted molar refractivity (Wildman–Crippen MR) is 112 cm³/mol. The van der Waals surface area contributed by atoms with Crippen LogP contribution in [0.4, 0.5) is 5.69 Å². The van der Waals surface area contributed by atoms with Crippen LogP contribution < -0.4 is 10.2 Å².